The first-order valence-corrected chi connectivity index (χ1v) is 8.30. The zero-order valence-electron chi connectivity index (χ0n) is 13.8. The minimum absolute atomic E-state index is 0.378. The van der Waals surface area contributed by atoms with E-state index in [-0.39, 0.29) is 6.04 Å². The number of benzene rings is 1. The predicted octanol–water partition coefficient (Wildman–Crippen LogP) is 4.87. The maximum Gasteiger partial charge on any atom is 0.411 e. The number of aliphatic carboxylic acids is 1. The second kappa shape index (κ2) is 7.53. The molecular weight excluding hydrogens is 386 g/mol. The second-order valence-corrected chi connectivity index (χ2v) is 7.68. The highest BCUT2D eigenvalue weighted by atomic mass is 79.9. The molecule has 0 aliphatic carbocycles. The molecule has 0 saturated carbocycles. The number of rotatable bonds is 4. The van der Waals surface area contributed by atoms with Gasteiger partial charge in [0, 0.05) is 21.1 Å². The second-order valence-electron chi connectivity index (χ2n) is 6.39. The monoisotopic (exact) mass is 405 g/mol. The Morgan fingerprint density at radius 1 is 1.30 bits per heavy atom. The quantitative estimate of drug-likeness (QED) is 0.774. The van der Waals surface area contributed by atoms with E-state index in [0.29, 0.717) is 15.1 Å². The van der Waals surface area contributed by atoms with Gasteiger partial charge in [-0.25, -0.2) is 9.59 Å². The van der Waals surface area contributed by atoms with Crippen molar-refractivity contribution in [1.82, 2.24) is 4.90 Å². The molecule has 1 rings (SSSR count). The SMILES string of the molecule is CC(C)N(C(=O)OC(C)(C)C)C(C(=O)O)c1cc(Cl)ccc1Br. The average molecular weight is 407 g/mol. The van der Waals surface area contributed by atoms with Crippen LogP contribution in [0.25, 0.3) is 0 Å². The van der Waals surface area contributed by atoms with Gasteiger partial charge in [0.05, 0.1) is 0 Å². The molecular formula is C16H21BrClNO4. The van der Waals surface area contributed by atoms with E-state index in [1.54, 1.807) is 46.8 Å². The molecule has 0 aliphatic heterocycles. The Hall–Kier alpha value is -1.27. The molecule has 1 unspecified atom stereocenters. The molecule has 0 saturated heterocycles. The lowest BCUT2D eigenvalue weighted by Gasteiger charge is -2.34. The molecule has 0 radical (unpaired) electrons. The minimum Gasteiger partial charge on any atom is -0.479 e. The third-order valence-electron chi connectivity index (χ3n) is 2.93. The normalized spacial score (nSPS) is 12.9. The summed E-state index contributed by atoms with van der Waals surface area (Å²) in [5.74, 6) is -1.16. The van der Waals surface area contributed by atoms with Crippen LogP contribution in [0.3, 0.4) is 0 Å². The van der Waals surface area contributed by atoms with Crippen molar-refractivity contribution in [2.75, 3.05) is 0 Å². The van der Waals surface area contributed by atoms with Crippen molar-refractivity contribution in [2.45, 2.75) is 52.3 Å². The van der Waals surface area contributed by atoms with Crippen LogP contribution < -0.4 is 0 Å². The Labute approximate surface area is 149 Å². The van der Waals surface area contributed by atoms with E-state index < -0.39 is 23.7 Å². The van der Waals surface area contributed by atoms with Gasteiger partial charge in [-0.1, -0.05) is 27.5 Å². The molecule has 5 nitrogen and oxygen atoms in total. The molecule has 0 aromatic heterocycles. The molecule has 1 amide bonds. The summed E-state index contributed by atoms with van der Waals surface area (Å²) in [4.78, 5) is 25.6. The lowest BCUT2D eigenvalue weighted by atomic mass is 10.0. The van der Waals surface area contributed by atoms with Gasteiger partial charge < -0.3 is 9.84 Å². The Morgan fingerprint density at radius 3 is 2.30 bits per heavy atom. The van der Waals surface area contributed by atoms with Crippen molar-refractivity contribution in [1.29, 1.82) is 0 Å². The number of halogens is 2. The molecule has 0 heterocycles. The van der Waals surface area contributed by atoms with Crippen LogP contribution in [0.1, 0.15) is 46.2 Å². The van der Waals surface area contributed by atoms with E-state index in [4.69, 9.17) is 16.3 Å². The van der Waals surface area contributed by atoms with E-state index in [1.165, 1.54) is 11.0 Å². The molecule has 1 N–H and O–H groups in total. The highest BCUT2D eigenvalue weighted by Crippen LogP contribution is 2.33. The zero-order chi connectivity index (χ0) is 17.9. The van der Waals surface area contributed by atoms with Gasteiger partial charge in [-0.2, -0.15) is 0 Å². The number of hydrogen-bond donors (Lipinski definition) is 1. The number of carboxylic acid groups (broad SMARTS) is 1. The van der Waals surface area contributed by atoms with Crippen LogP contribution in [0.4, 0.5) is 4.79 Å². The topological polar surface area (TPSA) is 66.8 Å². The Bertz CT molecular complexity index is 598. The zero-order valence-corrected chi connectivity index (χ0v) is 16.1. The molecule has 1 atom stereocenters. The van der Waals surface area contributed by atoms with Crippen molar-refractivity contribution in [3.8, 4) is 0 Å². The minimum atomic E-state index is -1.21. The fraction of sp³-hybridized carbons (Fsp3) is 0.500. The lowest BCUT2D eigenvalue weighted by molar-refractivity contribution is -0.144. The van der Waals surface area contributed by atoms with E-state index >= 15 is 0 Å². The van der Waals surface area contributed by atoms with Crippen LogP contribution in [0.5, 0.6) is 0 Å². The Kier molecular flexibility index (Phi) is 6.48. The van der Waals surface area contributed by atoms with Crippen molar-refractivity contribution in [3.63, 3.8) is 0 Å². The molecule has 0 spiro atoms. The van der Waals surface area contributed by atoms with Crippen LogP contribution in [0.15, 0.2) is 22.7 Å². The van der Waals surface area contributed by atoms with E-state index in [0.717, 1.165) is 0 Å². The summed E-state index contributed by atoms with van der Waals surface area (Å²) >= 11 is 9.31. The first kappa shape index (κ1) is 19.8. The number of carboxylic acids is 1. The summed E-state index contributed by atoms with van der Waals surface area (Å²) in [5, 5.41) is 10.1. The summed E-state index contributed by atoms with van der Waals surface area (Å²) in [6.45, 7) is 8.66. The number of nitrogens with zero attached hydrogens (tertiary/aromatic N) is 1. The van der Waals surface area contributed by atoms with Gasteiger partial charge in [0.1, 0.15) is 5.60 Å². The maximum absolute atomic E-state index is 12.5. The first-order chi connectivity index (χ1) is 10.4. The number of carbonyl (C=O) groups excluding carboxylic acids is 1. The van der Waals surface area contributed by atoms with Gasteiger partial charge in [-0.15, -0.1) is 0 Å². The summed E-state index contributed by atoms with van der Waals surface area (Å²) in [7, 11) is 0. The Balaban J connectivity index is 3.36. The van der Waals surface area contributed by atoms with Crippen molar-refractivity contribution >= 4 is 39.6 Å². The van der Waals surface area contributed by atoms with Crippen LogP contribution in [-0.4, -0.2) is 33.7 Å². The van der Waals surface area contributed by atoms with Gasteiger partial charge in [-0.05, 0) is 52.8 Å². The molecule has 23 heavy (non-hydrogen) atoms. The first-order valence-electron chi connectivity index (χ1n) is 7.13. The third kappa shape index (κ3) is 5.39. The summed E-state index contributed by atoms with van der Waals surface area (Å²) in [5.41, 5.74) is -0.330. The predicted molar refractivity (Wildman–Crippen MR) is 92.7 cm³/mol. The van der Waals surface area contributed by atoms with Gasteiger partial charge in [0.2, 0.25) is 0 Å². The summed E-state index contributed by atoms with van der Waals surface area (Å²) < 4.78 is 5.92. The smallest absolute Gasteiger partial charge is 0.411 e. The fourth-order valence-electron chi connectivity index (χ4n) is 2.06. The molecule has 128 valence electrons. The molecule has 0 bridgehead atoms. The van der Waals surface area contributed by atoms with Crippen molar-refractivity contribution in [2.24, 2.45) is 0 Å². The van der Waals surface area contributed by atoms with Crippen LogP contribution in [0.2, 0.25) is 5.02 Å². The maximum atomic E-state index is 12.5. The average Bonchev–Trinajstić information content (AvgIpc) is 2.35. The number of carbonyl (C=O) groups is 2. The number of ether oxygens (including phenoxy) is 1. The van der Waals surface area contributed by atoms with Crippen LogP contribution in [0, 0.1) is 0 Å². The lowest BCUT2D eigenvalue weighted by Crippen LogP contribution is -2.46. The third-order valence-corrected chi connectivity index (χ3v) is 3.88. The van der Waals surface area contributed by atoms with E-state index in [2.05, 4.69) is 15.9 Å². The van der Waals surface area contributed by atoms with Gasteiger partial charge >= 0.3 is 12.1 Å². The largest absolute Gasteiger partial charge is 0.479 e. The van der Waals surface area contributed by atoms with Gasteiger partial charge in [0.25, 0.3) is 0 Å². The molecule has 0 fully saturated rings. The van der Waals surface area contributed by atoms with Crippen molar-refractivity contribution in [3.05, 3.63) is 33.3 Å². The standard InChI is InChI=1S/C16H21BrClNO4/c1-9(2)19(15(22)23-16(3,4)5)13(14(20)21)11-8-10(18)6-7-12(11)17/h6-9,13H,1-5H3,(H,20,21). The molecule has 1 aromatic carbocycles. The van der Waals surface area contributed by atoms with E-state index in [1.807, 2.05) is 0 Å². The van der Waals surface area contributed by atoms with Gasteiger partial charge in [-0.3, -0.25) is 4.90 Å². The summed E-state index contributed by atoms with van der Waals surface area (Å²) in [6, 6.07) is 3.24. The Morgan fingerprint density at radius 2 is 1.87 bits per heavy atom. The van der Waals surface area contributed by atoms with Crippen LogP contribution in [-0.2, 0) is 9.53 Å². The number of hydrogen-bond acceptors (Lipinski definition) is 3. The molecule has 7 heteroatoms. The fourth-order valence-corrected chi connectivity index (χ4v) is 2.70. The van der Waals surface area contributed by atoms with E-state index in [9.17, 15) is 14.7 Å². The highest BCUT2D eigenvalue weighted by molar-refractivity contribution is 9.10. The molecule has 1 aromatic rings. The van der Waals surface area contributed by atoms with Gasteiger partial charge in [0.15, 0.2) is 6.04 Å². The van der Waals surface area contributed by atoms with Crippen LogP contribution >= 0.6 is 27.5 Å². The number of amides is 1. The van der Waals surface area contributed by atoms with Crippen molar-refractivity contribution < 1.29 is 19.4 Å². The highest BCUT2D eigenvalue weighted by Gasteiger charge is 2.37. The molecule has 0 aliphatic rings. The summed E-state index contributed by atoms with van der Waals surface area (Å²) in [6.07, 6.45) is -0.688.